The van der Waals surface area contributed by atoms with Crippen molar-refractivity contribution in [2.45, 2.75) is 0 Å². The fourth-order valence-corrected chi connectivity index (χ4v) is 1.90. The number of benzene rings is 2. The van der Waals surface area contributed by atoms with Crippen LogP contribution in [0.3, 0.4) is 0 Å². The minimum absolute atomic E-state index is 0.248. The Labute approximate surface area is 99.2 Å². The molecule has 2 nitrogen and oxygen atoms in total. The van der Waals surface area contributed by atoms with Crippen molar-refractivity contribution in [1.82, 2.24) is 4.98 Å². The van der Waals surface area contributed by atoms with E-state index in [0.29, 0.717) is 0 Å². The van der Waals surface area contributed by atoms with Gasteiger partial charge in [-0.15, -0.1) is 0 Å². The molecule has 0 bridgehead atoms. The molecule has 1 aromatic heterocycles. The average Bonchev–Trinajstić information content (AvgIpc) is 2.39. The fraction of sp³-hybridized carbons (Fsp3) is 0. The monoisotopic (exact) mass is 221 g/mol. The first-order valence-corrected chi connectivity index (χ1v) is 5.47. The van der Waals surface area contributed by atoms with Gasteiger partial charge < -0.3 is 5.11 Å². The molecule has 0 aliphatic heterocycles. The van der Waals surface area contributed by atoms with Gasteiger partial charge in [0.05, 0.1) is 5.52 Å². The summed E-state index contributed by atoms with van der Waals surface area (Å²) in [6, 6.07) is 17.4. The van der Waals surface area contributed by atoms with Crippen LogP contribution < -0.4 is 0 Å². The van der Waals surface area contributed by atoms with Crippen LogP contribution in [-0.4, -0.2) is 10.1 Å². The van der Waals surface area contributed by atoms with Crippen molar-refractivity contribution in [3.63, 3.8) is 0 Å². The van der Waals surface area contributed by atoms with E-state index in [0.717, 1.165) is 22.0 Å². The molecule has 0 unspecified atom stereocenters. The van der Waals surface area contributed by atoms with Crippen molar-refractivity contribution in [1.29, 1.82) is 0 Å². The highest BCUT2D eigenvalue weighted by Crippen LogP contribution is 2.24. The van der Waals surface area contributed by atoms with Crippen LogP contribution in [0.2, 0.25) is 0 Å². The van der Waals surface area contributed by atoms with E-state index in [9.17, 15) is 5.11 Å². The predicted molar refractivity (Wildman–Crippen MR) is 68.8 cm³/mol. The molecule has 0 saturated heterocycles. The molecular formula is C15H11NO. The maximum Gasteiger partial charge on any atom is 0.117 e. The number of phenols is 1. The van der Waals surface area contributed by atoms with Gasteiger partial charge in [0.25, 0.3) is 0 Å². The number of nitrogens with zero attached hydrogens (tertiary/aromatic N) is 1. The zero-order chi connectivity index (χ0) is 11.7. The van der Waals surface area contributed by atoms with Crippen LogP contribution in [0.25, 0.3) is 22.0 Å². The molecule has 3 aromatic rings. The third kappa shape index (κ3) is 1.85. The maximum atomic E-state index is 9.38. The third-order valence-electron chi connectivity index (χ3n) is 2.77. The minimum Gasteiger partial charge on any atom is -0.508 e. The fourth-order valence-electron chi connectivity index (χ4n) is 1.90. The van der Waals surface area contributed by atoms with Gasteiger partial charge in [0.2, 0.25) is 0 Å². The Morgan fingerprint density at radius 3 is 2.47 bits per heavy atom. The molecule has 0 radical (unpaired) electrons. The lowest BCUT2D eigenvalue weighted by atomic mass is 10.1. The van der Waals surface area contributed by atoms with Gasteiger partial charge in [0, 0.05) is 23.2 Å². The smallest absolute Gasteiger partial charge is 0.117 e. The highest BCUT2D eigenvalue weighted by molar-refractivity contribution is 5.84. The summed E-state index contributed by atoms with van der Waals surface area (Å²) < 4.78 is 0. The normalized spacial score (nSPS) is 10.6. The Balaban J connectivity index is 2.17. The van der Waals surface area contributed by atoms with E-state index in [1.165, 1.54) is 0 Å². The summed E-state index contributed by atoms with van der Waals surface area (Å²) in [4.78, 5) is 4.36. The Morgan fingerprint density at radius 1 is 0.824 bits per heavy atom. The number of rotatable bonds is 1. The molecular weight excluding hydrogens is 210 g/mol. The van der Waals surface area contributed by atoms with Gasteiger partial charge in [-0.05, 0) is 23.8 Å². The van der Waals surface area contributed by atoms with Gasteiger partial charge in [-0.1, -0.05) is 30.3 Å². The van der Waals surface area contributed by atoms with Crippen LogP contribution in [0.1, 0.15) is 0 Å². The SMILES string of the molecule is Oc1ccc2cc(-c3ccccc3)cnc2c1. The van der Waals surface area contributed by atoms with Gasteiger partial charge >= 0.3 is 0 Å². The van der Waals surface area contributed by atoms with Crippen molar-refractivity contribution in [3.05, 3.63) is 60.8 Å². The second-order valence-corrected chi connectivity index (χ2v) is 3.97. The maximum absolute atomic E-state index is 9.38. The Bertz CT molecular complexity index is 662. The molecule has 0 fully saturated rings. The number of hydrogen-bond donors (Lipinski definition) is 1. The van der Waals surface area contributed by atoms with Crippen LogP contribution in [0.4, 0.5) is 0 Å². The molecule has 1 heterocycles. The van der Waals surface area contributed by atoms with Crippen molar-refractivity contribution >= 4 is 10.9 Å². The highest BCUT2D eigenvalue weighted by atomic mass is 16.3. The standard InChI is InChI=1S/C15H11NO/c17-14-7-6-12-8-13(10-16-15(12)9-14)11-4-2-1-3-5-11/h1-10,17H. The second-order valence-electron chi connectivity index (χ2n) is 3.97. The van der Waals surface area contributed by atoms with Crippen molar-refractivity contribution in [2.75, 3.05) is 0 Å². The molecule has 82 valence electrons. The van der Waals surface area contributed by atoms with E-state index in [4.69, 9.17) is 0 Å². The second kappa shape index (κ2) is 3.91. The zero-order valence-electron chi connectivity index (χ0n) is 9.17. The zero-order valence-corrected chi connectivity index (χ0v) is 9.17. The van der Waals surface area contributed by atoms with Crippen LogP contribution >= 0.6 is 0 Å². The number of aromatic nitrogens is 1. The number of aromatic hydroxyl groups is 1. The summed E-state index contributed by atoms with van der Waals surface area (Å²) in [5, 5.41) is 10.4. The lowest BCUT2D eigenvalue weighted by Gasteiger charge is -2.03. The summed E-state index contributed by atoms with van der Waals surface area (Å²) in [6.07, 6.45) is 1.83. The third-order valence-corrected chi connectivity index (χ3v) is 2.77. The first kappa shape index (κ1) is 9.85. The molecule has 2 heteroatoms. The molecule has 17 heavy (non-hydrogen) atoms. The number of phenolic OH excluding ortho intramolecular Hbond substituents is 1. The molecule has 0 saturated carbocycles. The van der Waals surface area contributed by atoms with Crippen molar-refractivity contribution in [3.8, 4) is 16.9 Å². The lowest BCUT2D eigenvalue weighted by Crippen LogP contribution is -1.82. The van der Waals surface area contributed by atoms with Gasteiger partial charge in [-0.25, -0.2) is 0 Å². The summed E-state index contributed by atoms with van der Waals surface area (Å²) in [5.74, 6) is 0.248. The number of hydrogen-bond acceptors (Lipinski definition) is 2. The highest BCUT2D eigenvalue weighted by Gasteiger charge is 2.00. The van der Waals surface area contributed by atoms with Gasteiger partial charge in [-0.3, -0.25) is 4.98 Å². The van der Waals surface area contributed by atoms with Crippen molar-refractivity contribution in [2.24, 2.45) is 0 Å². The largest absolute Gasteiger partial charge is 0.508 e. The molecule has 0 aliphatic rings. The molecule has 0 spiro atoms. The van der Waals surface area contributed by atoms with Crippen molar-refractivity contribution < 1.29 is 5.11 Å². The molecule has 0 atom stereocenters. The minimum atomic E-state index is 0.248. The molecule has 3 rings (SSSR count). The number of pyridine rings is 1. The lowest BCUT2D eigenvalue weighted by molar-refractivity contribution is 0.476. The molecule has 1 N–H and O–H groups in total. The number of fused-ring (bicyclic) bond motifs is 1. The quantitative estimate of drug-likeness (QED) is 0.681. The Kier molecular flexibility index (Phi) is 2.26. The van der Waals surface area contributed by atoms with E-state index in [1.807, 2.05) is 30.5 Å². The summed E-state index contributed by atoms with van der Waals surface area (Å²) in [6.45, 7) is 0. The molecule has 2 aromatic carbocycles. The van der Waals surface area contributed by atoms with E-state index >= 15 is 0 Å². The topological polar surface area (TPSA) is 33.1 Å². The summed E-state index contributed by atoms with van der Waals surface area (Å²) >= 11 is 0. The van der Waals surface area contributed by atoms with Crippen LogP contribution in [-0.2, 0) is 0 Å². The molecule has 0 amide bonds. The Hall–Kier alpha value is -2.35. The van der Waals surface area contributed by atoms with Crippen LogP contribution in [0, 0.1) is 0 Å². The van der Waals surface area contributed by atoms with Crippen LogP contribution in [0.5, 0.6) is 5.75 Å². The van der Waals surface area contributed by atoms with E-state index in [-0.39, 0.29) is 5.75 Å². The first-order chi connectivity index (χ1) is 8.33. The van der Waals surface area contributed by atoms with Gasteiger partial charge in [0.1, 0.15) is 5.75 Å². The van der Waals surface area contributed by atoms with E-state index < -0.39 is 0 Å². The predicted octanol–water partition coefficient (Wildman–Crippen LogP) is 3.61. The summed E-state index contributed by atoms with van der Waals surface area (Å²) in [7, 11) is 0. The van der Waals surface area contributed by atoms with E-state index in [2.05, 4.69) is 23.2 Å². The first-order valence-electron chi connectivity index (χ1n) is 5.47. The average molecular weight is 221 g/mol. The van der Waals surface area contributed by atoms with E-state index in [1.54, 1.807) is 12.1 Å². The Morgan fingerprint density at radius 2 is 1.65 bits per heavy atom. The van der Waals surface area contributed by atoms with Crippen LogP contribution in [0.15, 0.2) is 60.8 Å². The van der Waals surface area contributed by atoms with Gasteiger partial charge in [-0.2, -0.15) is 0 Å². The molecule has 0 aliphatic carbocycles. The summed E-state index contributed by atoms with van der Waals surface area (Å²) in [5.41, 5.74) is 3.04. The van der Waals surface area contributed by atoms with Gasteiger partial charge in [0.15, 0.2) is 0 Å².